The molecular formula is C31H48N4O14. The summed E-state index contributed by atoms with van der Waals surface area (Å²) < 4.78 is 0. The summed E-state index contributed by atoms with van der Waals surface area (Å²) >= 11 is 0. The van der Waals surface area contributed by atoms with E-state index in [4.69, 9.17) is 0 Å². The predicted molar refractivity (Wildman–Crippen MR) is 168 cm³/mol. The number of carboxylic acid groups (broad SMARTS) is 6. The number of carboxylic acids is 6. The molecule has 2 aliphatic rings. The van der Waals surface area contributed by atoms with Gasteiger partial charge in [0.1, 0.15) is 11.6 Å². The van der Waals surface area contributed by atoms with Gasteiger partial charge in [0, 0.05) is 37.0 Å². The quantitative estimate of drug-likeness (QED) is 0.0749. The van der Waals surface area contributed by atoms with Crippen molar-refractivity contribution >= 4 is 47.4 Å². The Hall–Kier alpha value is -4.00. The van der Waals surface area contributed by atoms with Crippen LogP contribution in [0.5, 0.6) is 0 Å². The highest BCUT2D eigenvalue weighted by molar-refractivity contribution is 5.84. The number of ketones is 2. The lowest BCUT2D eigenvalue weighted by Crippen LogP contribution is -2.57. The van der Waals surface area contributed by atoms with Gasteiger partial charge in [0.05, 0.1) is 52.4 Å². The van der Waals surface area contributed by atoms with E-state index in [0.29, 0.717) is 51.4 Å². The van der Waals surface area contributed by atoms with Crippen LogP contribution in [0.4, 0.5) is 0 Å². The summed E-state index contributed by atoms with van der Waals surface area (Å²) in [4.78, 5) is 101. The topological polar surface area (TPSA) is 271 Å². The van der Waals surface area contributed by atoms with Gasteiger partial charge in [0.15, 0.2) is 0 Å². The van der Waals surface area contributed by atoms with Crippen molar-refractivity contribution in [1.82, 2.24) is 19.6 Å². The van der Waals surface area contributed by atoms with E-state index in [1.165, 1.54) is 19.6 Å². The first kappa shape index (κ1) is 41.2. The van der Waals surface area contributed by atoms with Crippen molar-refractivity contribution in [3.8, 4) is 0 Å². The molecule has 0 radical (unpaired) electrons. The summed E-state index contributed by atoms with van der Waals surface area (Å²) in [6, 6.07) is -2.41. The first-order valence-electron chi connectivity index (χ1n) is 16.4. The fourth-order valence-electron chi connectivity index (χ4n) is 7.19. The lowest BCUT2D eigenvalue weighted by Gasteiger charge is -2.43. The average molecular weight is 701 g/mol. The third-order valence-corrected chi connectivity index (χ3v) is 8.96. The first-order chi connectivity index (χ1) is 23.1. The van der Waals surface area contributed by atoms with Crippen LogP contribution in [0.3, 0.4) is 0 Å². The molecule has 2 aliphatic carbocycles. The SMILES string of the molecule is O=C(O)CN(CC(=O)O)C1CCCCC1N(CC(=O)O)CC(=O)CCCC(=O)CN(CC(=O)O)C1CCCCC1N(CC(=O)O)CC(=O)O. The molecule has 0 spiro atoms. The summed E-state index contributed by atoms with van der Waals surface area (Å²) in [5.74, 6) is -8.17. The minimum Gasteiger partial charge on any atom is -0.480 e. The third-order valence-electron chi connectivity index (χ3n) is 8.96. The number of carbonyl (C=O) groups excluding carboxylic acids is 2. The maximum Gasteiger partial charge on any atom is 0.317 e. The zero-order valence-corrected chi connectivity index (χ0v) is 27.5. The molecule has 0 aliphatic heterocycles. The molecule has 2 rings (SSSR count). The van der Waals surface area contributed by atoms with Gasteiger partial charge in [-0.2, -0.15) is 0 Å². The Balaban J connectivity index is 2.09. The van der Waals surface area contributed by atoms with Crippen molar-refractivity contribution in [1.29, 1.82) is 0 Å². The number of aliphatic carboxylic acids is 6. The maximum atomic E-state index is 13.1. The molecule has 0 aromatic carbocycles. The van der Waals surface area contributed by atoms with Crippen molar-refractivity contribution in [2.75, 3.05) is 52.4 Å². The van der Waals surface area contributed by atoms with Gasteiger partial charge in [0.25, 0.3) is 0 Å². The van der Waals surface area contributed by atoms with Crippen molar-refractivity contribution in [3.05, 3.63) is 0 Å². The second kappa shape index (κ2) is 20.5. The van der Waals surface area contributed by atoms with Gasteiger partial charge in [-0.15, -0.1) is 0 Å². The van der Waals surface area contributed by atoms with Gasteiger partial charge in [-0.05, 0) is 32.1 Å². The molecule has 18 heteroatoms. The second-order valence-corrected chi connectivity index (χ2v) is 12.8. The smallest absolute Gasteiger partial charge is 0.317 e. The Morgan fingerprint density at radius 1 is 0.367 bits per heavy atom. The van der Waals surface area contributed by atoms with E-state index in [1.54, 1.807) is 0 Å². The number of carbonyl (C=O) groups is 8. The number of rotatable bonds is 24. The van der Waals surface area contributed by atoms with Gasteiger partial charge >= 0.3 is 35.8 Å². The zero-order valence-electron chi connectivity index (χ0n) is 27.5. The van der Waals surface area contributed by atoms with Gasteiger partial charge < -0.3 is 30.6 Å². The standard InChI is InChI=1S/C31H48N4O14/c36-20(12-32(14-26(38)39)22-8-1-3-10-24(22)34(16-28(42)43)17-29(44)45)6-5-7-21(37)13-33(15-27(40)41)23-9-2-4-11-25(23)35(18-30(46)47)19-31(48)49/h22-25H,1-19H2,(H,38,39)(H,40,41)(H,42,43)(H,44,45)(H,46,47)(H,48,49). The van der Waals surface area contributed by atoms with Crippen molar-refractivity contribution in [2.45, 2.75) is 94.8 Å². The monoisotopic (exact) mass is 700 g/mol. The van der Waals surface area contributed by atoms with Crippen LogP contribution in [-0.2, 0) is 38.4 Å². The highest BCUT2D eigenvalue weighted by Crippen LogP contribution is 2.29. The van der Waals surface area contributed by atoms with Crippen LogP contribution in [-0.4, -0.2) is 174 Å². The molecule has 49 heavy (non-hydrogen) atoms. The van der Waals surface area contributed by atoms with Crippen molar-refractivity contribution < 1.29 is 69.0 Å². The first-order valence-corrected chi connectivity index (χ1v) is 16.4. The van der Waals surface area contributed by atoms with Gasteiger partial charge in [-0.25, -0.2) is 0 Å². The van der Waals surface area contributed by atoms with Crippen molar-refractivity contribution in [3.63, 3.8) is 0 Å². The van der Waals surface area contributed by atoms with E-state index < -0.39 is 99.3 Å². The molecule has 2 saturated carbocycles. The van der Waals surface area contributed by atoms with Crippen LogP contribution in [0.2, 0.25) is 0 Å². The van der Waals surface area contributed by atoms with Crippen molar-refractivity contribution in [2.24, 2.45) is 0 Å². The number of hydrogen-bond donors (Lipinski definition) is 6. The van der Waals surface area contributed by atoms with Crippen LogP contribution in [0, 0.1) is 0 Å². The number of Topliss-reactive ketones (excluding diaryl/α,β-unsaturated/α-hetero) is 2. The van der Waals surface area contributed by atoms with E-state index in [2.05, 4.69) is 0 Å². The van der Waals surface area contributed by atoms with Crippen LogP contribution in [0.25, 0.3) is 0 Å². The summed E-state index contributed by atoms with van der Waals surface area (Å²) in [6.45, 7) is -3.96. The lowest BCUT2D eigenvalue weighted by atomic mass is 9.87. The Bertz CT molecular complexity index is 1090. The normalized spacial score (nSPS) is 21.1. The molecule has 2 fully saturated rings. The summed E-state index contributed by atoms with van der Waals surface area (Å²) in [7, 11) is 0. The molecule has 0 saturated heterocycles. The Kier molecular flexibility index (Phi) is 17.2. The van der Waals surface area contributed by atoms with Gasteiger partial charge in [-0.3, -0.25) is 58.0 Å². The Morgan fingerprint density at radius 3 is 0.776 bits per heavy atom. The fraction of sp³-hybridized carbons (Fsp3) is 0.742. The van der Waals surface area contributed by atoms with Gasteiger partial charge in [-0.1, -0.05) is 25.7 Å². The van der Waals surface area contributed by atoms with E-state index >= 15 is 0 Å². The fourth-order valence-corrected chi connectivity index (χ4v) is 7.19. The molecule has 18 nitrogen and oxygen atoms in total. The molecule has 0 amide bonds. The van der Waals surface area contributed by atoms with E-state index in [-0.39, 0.29) is 43.9 Å². The van der Waals surface area contributed by atoms with E-state index in [9.17, 15) is 69.0 Å². The van der Waals surface area contributed by atoms with E-state index in [0.717, 1.165) is 0 Å². The number of nitrogens with zero attached hydrogens (tertiary/aromatic N) is 4. The molecule has 0 aromatic rings. The summed E-state index contributed by atoms with van der Waals surface area (Å²) in [5, 5.41) is 56.6. The highest BCUT2D eigenvalue weighted by Gasteiger charge is 2.38. The molecule has 276 valence electrons. The largest absolute Gasteiger partial charge is 0.480 e. The number of hydrogen-bond acceptors (Lipinski definition) is 12. The minimum atomic E-state index is -1.24. The second-order valence-electron chi connectivity index (χ2n) is 12.8. The molecular weight excluding hydrogens is 652 g/mol. The maximum absolute atomic E-state index is 13.1. The van der Waals surface area contributed by atoms with E-state index in [1.807, 2.05) is 0 Å². The molecule has 0 heterocycles. The van der Waals surface area contributed by atoms with Gasteiger partial charge in [0.2, 0.25) is 0 Å². The van der Waals surface area contributed by atoms with Crippen LogP contribution in [0.15, 0.2) is 0 Å². The van der Waals surface area contributed by atoms with Crippen LogP contribution in [0.1, 0.15) is 70.6 Å². The van der Waals surface area contributed by atoms with Crippen LogP contribution >= 0.6 is 0 Å². The third kappa shape index (κ3) is 15.0. The van der Waals surface area contributed by atoms with Crippen LogP contribution < -0.4 is 0 Å². The minimum absolute atomic E-state index is 0.0794. The Morgan fingerprint density at radius 2 is 0.571 bits per heavy atom. The predicted octanol–water partition coefficient (Wildman–Crippen LogP) is -0.367. The lowest BCUT2D eigenvalue weighted by molar-refractivity contribution is -0.147. The Labute approximate surface area is 283 Å². The molecule has 4 unspecified atom stereocenters. The molecule has 0 aromatic heterocycles. The molecule has 4 atom stereocenters. The summed E-state index contributed by atoms with van der Waals surface area (Å²) in [6.07, 6.45) is 4.25. The molecule has 6 N–H and O–H groups in total. The zero-order chi connectivity index (χ0) is 36.7. The molecule has 0 bridgehead atoms. The summed E-state index contributed by atoms with van der Waals surface area (Å²) in [5.41, 5.74) is 0. The average Bonchev–Trinajstić information content (AvgIpc) is 2.98. The highest BCUT2D eigenvalue weighted by atomic mass is 16.4.